The molecule has 3 rings (SSSR count). The van der Waals surface area contributed by atoms with E-state index in [9.17, 15) is 23.1 Å². The molecular formula is C24H24F3NO3S2. The number of carbonyl (C=O) groups is 1. The largest absolute Gasteiger partial charge is 0.478 e. The number of hydrogen-bond acceptors (Lipinski definition) is 5. The van der Waals surface area contributed by atoms with Gasteiger partial charge >= 0.3 is 12.1 Å². The second-order valence-electron chi connectivity index (χ2n) is 7.93. The smallest absolute Gasteiger partial charge is 0.416 e. The third kappa shape index (κ3) is 6.09. The van der Waals surface area contributed by atoms with Gasteiger partial charge in [-0.15, -0.1) is 23.1 Å². The number of rotatable bonds is 8. The maximum absolute atomic E-state index is 12.8. The summed E-state index contributed by atoms with van der Waals surface area (Å²) in [6.07, 6.45) is -3.67. The predicted octanol–water partition coefficient (Wildman–Crippen LogP) is 7.23. The molecule has 0 aliphatic heterocycles. The highest BCUT2D eigenvalue weighted by Crippen LogP contribution is 2.36. The molecular weight excluding hydrogens is 471 g/mol. The van der Waals surface area contributed by atoms with Crippen molar-refractivity contribution in [2.45, 2.75) is 56.5 Å². The summed E-state index contributed by atoms with van der Waals surface area (Å²) in [7, 11) is 0. The molecule has 0 fully saturated rings. The highest BCUT2D eigenvalue weighted by Gasteiger charge is 2.31. The average molecular weight is 496 g/mol. The van der Waals surface area contributed by atoms with E-state index in [0.29, 0.717) is 28.5 Å². The molecule has 0 saturated carbocycles. The summed E-state index contributed by atoms with van der Waals surface area (Å²) in [6.45, 7) is 6.90. The van der Waals surface area contributed by atoms with Crippen LogP contribution in [0.4, 0.5) is 13.2 Å². The van der Waals surface area contributed by atoms with Crippen molar-refractivity contribution in [2.24, 2.45) is 0 Å². The van der Waals surface area contributed by atoms with Crippen LogP contribution in [0.1, 0.15) is 42.5 Å². The van der Waals surface area contributed by atoms with Crippen LogP contribution in [-0.2, 0) is 23.1 Å². The second-order valence-corrected chi connectivity index (χ2v) is 10.1. The van der Waals surface area contributed by atoms with Crippen LogP contribution in [-0.4, -0.2) is 21.7 Å². The molecule has 176 valence electrons. The highest BCUT2D eigenvalue weighted by atomic mass is 32.2. The molecule has 1 heterocycles. The monoisotopic (exact) mass is 495 g/mol. The number of aliphatic carboxylic acids is 1. The molecule has 1 aromatic heterocycles. The maximum Gasteiger partial charge on any atom is 0.416 e. The van der Waals surface area contributed by atoms with Gasteiger partial charge in [-0.25, -0.2) is 9.78 Å². The summed E-state index contributed by atoms with van der Waals surface area (Å²) < 4.78 is 44.1. The normalized spacial score (nSPS) is 12.1. The Bertz CT molecular complexity index is 1140. The van der Waals surface area contributed by atoms with E-state index in [-0.39, 0.29) is 0 Å². The van der Waals surface area contributed by atoms with E-state index in [0.717, 1.165) is 33.2 Å². The number of alkyl halides is 3. The molecule has 4 nitrogen and oxygen atoms in total. The molecule has 33 heavy (non-hydrogen) atoms. The zero-order valence-corrected chi connectivity index (χ0v) is 20.2. The fraction of sp³-hybridized carbons (Fsp3) is 0.333. The molecule has 0 aliphatic carbocycles. The summed E-state index contributed by atoms with van der Waals surface area (Å²) in [4.78, 5) is 18.0. The van der Waals surface area contributed by atoms with Gasteiger partial charge in [0, 0.05) is 21.1 Å². The standard InChI is InChI=1S/C24H24F3NO3S2/c1-5-15-12-18(10-11-19(15)31-23(3,4)22(29)30)32-13-20-14(2)28-21(33-20)16-6-8-17(9-7-16)24(25,26)27/h6-12H,5,13H2,1-4H3,(H,29,30). The van der Waals surface area contributed by atoms with Crippen LogP contribution in [0.2, 0.25) is 0 Å². The number of ether oxygens (including phenoxy) is 1. The topological polar surface area (TPSA) is 59.4 Å². The number of thioether (sulfide) groups is 1. The summed E-state index contributed by atoms with van der Waals surface area (Å²) in [5, 5.41) is 9.99. The molecule has 0 unspecified atom stereocenters. The van der Waals surface area contributed by atoms with Crippen molar-refractivity contribution in [2.75, 3.05) is 0 Å². The van der Waals surface area contributed by atoms with Gasteiger partial charge in [0.2, 0.25) is 0 Å². The van der Waals surface area contributed by atoms with Gasteiger partial charge < -0.3 is 9.84 Å². The molecule has 0 aliphatic rings. The van der Waals surface area contributed by atoms with Crippen molar-refractivity contribution >= 4 is 29.1 Å². The van der Waals surface area contributed by atoms with Gasteiger partial charge in [-0.1, -0.05) is 19.1 Å². The minimum absolute atomic E-state index is 0.549. The molecule has 0 spiro atoms. The number of carboxylic acid groups (broad SMARTS) is 1. The van der Waals surface area contributed by atoms with Crippen molar-refractivity contribution < 1.29 is 27.8 Å². The van der Waals surface area contributed by atoms with Crippen LogP contribution in [0.3, 0.4) is 0 Å². The summed E-state index contributed by atoms with van der Waals surface area (Å²) in [5.74, 6) is 0.175. The number of halogens is 3. The first kappa shape index (κ1) is 25.1. The van der Waals surface area contributed by atoms with E-state index in [4.69, 9.17) is 4.74 Å². The van der Waals surface area contributed by atoms with E-state index in [1.165, 1.54) is 37.3 Å². The Labute approximate surface area is 198 Å². The SMILES string of the molecule is CCc1cc(SCc2sc(-c3ccc(C(F)(F)F)cc3)nc2C)ccc1OC(C)(C)C(=O)O. The molecule has 1 N–H and O–H groups in total. The Hall–Kier alpha value is -2.52. The number of aromatic nitrogens is 1. The first-order valence-corrected chi connectivity index (χ1v) is 12.0. The van der Waals surface area contributed by atoms with E-state index in [1.54, 1.807) is 17.8 Å². The van der Waals surface area contributed by atoms with E-state index in [1.807, 2.05) is 26.0 Å². The van der Waals surface area contributed by atoms with Gasteiger partial charge in [0.25, 0.3) is 0 Å². The van der Waals surface area contributed by atoms with Crippen LogP contribution in [0.25, 0.3) is 10.6 Å². The quantitative estimate of drug-likeness (QED) is 0.334. The van der Waals surface area contributed by atoms with Crippen LogP contribution in [0.5, 0.6) is 5.75 Å². The Kier molecular flexibility index (Phi) is 7.43. The molecule has 2 aromatic carbocycles. The number of carboxylic acids is 1. The van der Waals surface area contributed by atoms with Gasteiger partial charge in [-0.05, 0) is 63.1 Å². The first-order valence-electron chi connectivity index (χ1n) is 10.2. The van der Waals surface area contributed by atoms with Gasteiger partial charge in [-0.2, -0.15) is 13.2 Å². The summed E-state index contributed by atoms with van der Waals surface area (Å²) >= 11 is 3.08. The lowest BCUT2D eigenvalue weighted by molar-refractivity contribution is -0.152. The molecule has 3 aromatic rings. The molecule has 0 bridgehead atoms. The van der Waals surface area contributed by atoms with Crippen LogP contribution >= 0.6 is 23.1 Å². The summed E-state index contributed by atoms with van der Waals surface area (Å²) in [6, 6.07) is 10.7. The van der Waals surface area contributed by atoms with Crippen molar-refractivity contribution in [1.29, 1.82) is 0 Å². The number of thiazole rings is 1. The first-order chi connectivity index (χ1) is 15.4. The van der Waals surface area contributed by atoms with E-state index < -0.39 is 23.3 Å². The van der Waals surface area contributed by atoms with Crippen molar-refractivity contribution in [3.05, 3.63) is 64.2 Å². The maximum atomic E-state index is 12.8. The van der Waals surface area contributed by atoms with Crippen molar-refractivity contribution in [1.82, 2.24) is 4.98 Å². The lowest BCUT2D eigenvalue weighted by Crippen LogP contribution is -2.38. The minimum atomic E-state index is -4.36. The zero-order valence-electron chi connectivity index (χ0n) is 18.6. The molecule has 0 atom stereocenters. The van der Waals surface area contributed by atoms with Gasteiger partial charge in [0.05, 0.1) is 11.3 Å². The van der Waals surface area contributed by atoms with Crippen LogP contribution in [0, 0.1) is 6.92 Å². The third-order valence-corrected chi connectivity index (χ3v) is 7.42. The van der Waals surface area contributed by atoms with Crippen LogP contribution in [0.15, 0.2) is 47.4 Å². The Morgan fingerprint density at radius 1 is 1.15 bits per heavy atom. The summed E-state index contributed by atoms with van der Waals surface area (Å²) in [5.41, 5.74) is 0.416. The third-order valence-electron chi connectivity index (χ3n) is 5.01. The Morgan fingerprint density at radius 3 is 2.39 bits per heavy atom. The van der Waals surface area contributed by atoms with Gasteiger partial charge in [-0.3, -0.25) is 0 Å². The Balaban J connectivity index is 1.73. The highest BCUT2D eigenvalue weighted by molar-refractivity contribution is 7.98. The molecule has 0 saturated heterocycles. The number of benzene rings is 2. The van der Waals surface area contributed by atoms with Crippen molar-refractivity contribution in [3.8, 4) is 16.3 Å². The van der Waals surface area contributed by atoms with E-state index in [2.05, 4.69) is 4.98 Å². The van der Waals surface area contributed by atoms with Crippen LogP contribution < -0.4 is 4.74 Å². The average Bonchev–Trinajstić information content (AvgIpc) is 3.12. The fourth-order valence-corrected chi connectivity index (χ4v) is 5.15. The molecule has 0 radical (unpaired) electrons. The molecule has 0 amide bonds. The minimum Gasteiger partial charge on any atom is -0.478 e. The van der Waals surface area contributed by atoms with Gasteiger partial charge in [0.15, 0.2) is 5.60 Å². The van der Waals surface area contributed by atoms with Gasteiger partial charge in [0.1, 0.15) is 10.8 Å². The lowest BCUT2D eigenvalue weighted by Gasteiger charge is -2.23. The number of aryl methyl sites for hydroxylation is 2. The second kappa shape index (κ2) is 9.77. The fourth-order valence-electron chi connectivity index (χ4n) is 2.98. The van der Waals surface area contributed by atoms with Crippen molar-refractivity contribution in [3.63, 3.8) is 0 Å². The molecule has 9 heteroatoms. The lowest BCUT2D eigenvalue weighted by atomic mass is 10.1. The number of hydrogen-bond donors (Lipinski definition) is 1. The number of nitrogens with zero attached hydrogens (tertiary/aromatic N) is 1. The van der Waals surface area contributed by atoms with E-state index >= 15 is 0 Å². The Morgan fingerprint density at radius 2 is 1.82 bits per heavy atom. The zero-order chi connectivity index (χ0) is 24.4. The predicted molar refractivity (Wildman–Crippen MR) is 125 cm³/mol.